The van der Waals surface area contributed by atoms with Crippen molar-refractivity contribution in [2.24, 2.45) is 0 Å². The molecular weight excluding hydrogens is 276 g/mol. The zero-order valence-electron chi connectivity index (χ0n) is 12.7. The Balaban J connectivity index is 1.51. The number of rotatable bonds is 5. The second-order valence-corrected chi connectivity index (χ2v) is 5.72. The minimum atomic E-state index is -0.0865. The summed E-state index contributed by atoms with van der Waals surface area (Å²) in [5, 5.41) is 9.28. The summed E-state index contributed by atoms with van der Waals surface area (Å²) in [5.41, 5.74) is 2.51. The molecule has 0 saturated carbocycles. The summed E-state index contributed by atoms with van der Waals surface area (Å²) >= 11 is 0. The molecule has 3 rings (SSSR count). The SMILES string of the molecule is Oc1ccc(CCc2ccc(OC3CCCCO3)cc2)cc1. The van der Waals surface area contributed by atoms with Gasteiger partial charge in [0.15, 0.2) is 6.29 Å². The van der Waals surface area contributed by atoms with Crippen molar-refractivity contribution < 1.29 is 14.6 Å². The zero-order chi connectivity index (χ0) is 15.2. The third-order valence-electron chi connectivity index (χ3n) is 3.97. The molecule has 1 fully saturated rings. The van der Waals surface area contributed by atoms with Gasteiger partial charge in [0.25, 0.3) is 0 Å². The quantitative estimate of drug-likeness (QED) is 0.904. The summed E-state index contributed by atoms with van der Waals surface area (Å²) < 4.78 is 11.4. The zero-order valence-corrected chi connectivity index (χ0v) is 12.7. The van der Waals surface area contributed by atoms with E-state index >= 15 is 0 Å². The normalized spacial score (nSPS) is 18.1. The third kappa shape index (κ3) is 4.25. The van der Waals surface area contributed by atoms with Crippen molar-refractivity contribution in [2.75, 3.05) is 6.61 Å². The van der Waals surface area contributed by atoms with Crippen LogP contribution in [0.1, 0.15) is 30.4 Å². The van der Waals surface area contributed by atoms with Gasteiger partial charge in [-0.2, -0.15) is 0 Å². The van der Waals surface area contributed by atoms with Crippen LogP contribution in [0.5, 0.6) is 11.5 Å². The molecule has 0 bridgehead atoms. The summed E-state index contributed by atoms with van der Waals surface area (Å²) in [6.07, 6.45) is 5.14. The van der Waals surface area contributed by atoms with Gasteiger partial charge in [-0.25, -0.2) is 0 Å². The van der Waals surface area contributed by atoms with Gasteiger partial charge in [0.2, 0.25) is 0 Å². The van der Waals surface area contributed by atoms with Crippen molar-refractivity contribution in [3.8, 4) is 11.5 Å². The number of aromatic hydroxyl groups is 1. The topological polar surface area (TPSA) is 38.7 Å². The van der Waals surface area contributed by atoms with Gasteiger partial charge >= 0.3 is 0 Å². The van der Waals surface area contributed by atoms with E-state index < -0.39 is 0 Å². The number of phenolic OH excluding ortho intramolecular Hbond substituents is 1. The van der Waals surface area contributed by atoms with Gasteiger partial charge in [0.05, 0.1) is 6.61 Å². The van der Waals surface area contributed by atoms with E-state index in [2.05, 4.69) is 12.1 Å². The molecule has 0 aliphatic carbocycles. The van der Waals surface area contributed by atoms with E-state index in [9.17, 15) is 5.11 Å². The molecule has 1 aliphatic rings. The lowest BCUT2D eigenvalue weighted by molar-refractivity contribution is -0.105. The Bertz CT molecular complexity index is 569. The average molecular weight is 298 g/mol. The summed E-state index contributed by atoms with van der Waals surface area (Å²) in [5.74, 6) is 1.19. The lowest BCUT2D eigenvalue weighted by Crippen LogP contribution is -2.24. The van der Waals surface area contributed by atoms with E-state index in [0.29, 0.717) is 5.75 Å². The first kappa shape index (κ1) is 14.9. The molecule has 0 aromatic heterocycles. The number of benzene rings is 2. The van der Waals surface area contributed by atoms with Crippen molar-refractivity contribution in [2.45, 2.75) is 38.4 Å². The Labute approximate surface area is 131 Å². The molecule has 1 heterocycles. The second-order valence-electron chi connectivity index (χ2n) is 5.72. The molecule has 116 valence electrons. The minimum Gasteiger partial charge on any atom is -0.508 e. The molecule has 1 saturated heterocycles. The highest BCUT2D eigenvalue weighted by atomic mass is 16.7. The first-order chi connectivity index (χ1) is 10.8. The van der Waals surface area contributed by atoms with E-state index in [1.165, 1.54) is 17.5 Å². The Kier molecular flexibility index (Phi) is 4.96. The fourth-order valence-electron chi connectivity index (χ4n) is 2.64. The molecule has 2 aromatic rings. The molecule has 0 radical (unpaired) electrons. The van der Waals surface area contributed by atoms with Gasteiger partial charge in [-0.05, 0) is 61.1 Å². The molecule has 1 aliphatic heterocycles. The Hall–Kier alpha value is -2.00. The Morgan fingerprint density at radius 1 is 0.909 bits per heavy atom. The summed E-state index contributed by atoms with van der Waals surface area (Å²) in [4.78, 5) is 0. The summed E-state index contributed by atoms with van der Waals surface area (Å²) in [6, 6.07) is 15.7. The van der Waals surface area contributed by atoms with Crippen LogP contribution in [0.3, 0.4) is 0 Å². The van der Waals surface area contributed by atoms with Gasteiger partial charge in [-0.3, -0.25) is 0 Å². The lowest BCUT2D eigenvalue weighted by Gasteiger charge is -2.23. The highest BCUT2D eigenvalue weighted by molar-refractivity contribution is 5.30. The van der Waals surface area contributed by atoms with Gasteiger partial charge in [0, 0.05) is 6.42 Å². The molecule has 3 heteroatoms. The number of phenols is 1. The number of ether oxygens (including phenoxy) is 2. The number of hydrogen-bond acceptors (Lipinski definition) is 3. The van der Waals surface area contributed by atoms with Crippen molar-refractivity contribution in [1.29, 1.82) is 0 Å². The molecule has 1 N–H and O–H groups in total. The maximum absolute atomic E-state index is 9.28. The highest BCUT2D eigenvalue weighted by Crippen LogP contribution is 2.20. The van der Waals surface area contributed by atoms with Gasteiger partial charge in [-0.1, -0.05) is 24.3 Å². The van der Waals surface area contributed by atoms with Crippen LogP contribution in [0.25, 0.3) is 0 Å². The fourth-order valence-corrected chi connectivity index (χ4v) is 2.64. The second kappa shape index (κ2) is 7.32. The van der Waals surface area contributed by atoms with Crippen molar-refractivity contribution in [1.82, 2.24) is 0 Å². The van der Waals surface area contributed by atoms with Crippen LogP contribution >= 0.6 is 0 Å². The van der Waals surface area contributed by atoms with Gasteiger partial charge < -0.3 is 14.6 Å². The van der Waals surface area contributed by atoms with Crippen LogP contribution in [0.2, 0.25) is 0 Å². The third-order valence-corrected chi connectivity index (χ3v) is 3.97. The highest BCUT2D eigenvalue weighted by Gasteiger charge is 2.14. The summed E-state index contributed by atoms with van der Waals surface area (Å²) in [6.45, 7) is 0.801. The van der Waals surface area contributed by atoms with Crippen molar-refractivity contribution in [3.63, 3.8) is 0 Å². The van der Waals surface area contributed by atoms with Crippen LogP contribution in [0.15, 0.2) is 48.5 Å². The van der Waals surface area contributed by atoms with Crippen LogP contribution in [0.4, 0.5) is 0 Å². The lowest BCUT2D eigenvalue weighted by atomic mass is 10.0. The number of aryl methyl sites for hydroxylation is 2. The van der Waals surface area contributed by atoms with Gasteiger partial charge in [-0.15, -0.1) is 0 Å². The maximum atomic E-state index is 9.28. The summed E-state index contributed by atoms with van der Waals surface area (Å²) in [7, 11) is 0. The maximum Gasteiger partial charge on any atom is 0.199 e. The first-order valence-corrected chi connectivity index (χ1v) is 7.95. The smallest absolute Gasteiger partial charge is 0.199 e. The minimum absolute atomic E-state index is 0.0865. The van der Waals surface area contributed by atoms with E-state index in [0.717, 1.165) is 38.0 Å². The first-order valence-electron chi connectivity index (χ1n) is 7.95. The van der Waals surface area contributed by atoms with Crippen LogP contribution < -0.4 is 4.74 Å². The predicted molar refractivity (Wildman–Crippen MR) is 86.2 cm³/mol. The molecule has 22 heavy (non-hydrogen) atoms. The van der Waals surface area contributed by atoms with Gasteiger partial charge in [0.1, 0.15) is 11.5 Å². The van der Waals surface area contributed by atoms with Crippen molar-refractivity contribution >= 4 is 0 Å². The predicted octanol–water partition coefficient (Wildman–Crippen LogP) is 4.08. The van der Waals surface area contributed by atoms with Crippen LogP contribution in [-0.2, 0) is 17.6 Å². The van der Waals surface area contributed by atoms with E-state index in [1.807, 2.05) is 24.3 Å². The van der Waals surface area contributed by atoms with Crippen molar-refractivity contribution in [3.05, 3.63) is 59.7 Å². The molecule has 0 spiro atoms. The average Bonchev–Trinajstić information content (AvgIpc) is 2.57. The standard InChI is InChI=1S/C19H22O3/c20-17-10-6-15(7-11-17)4-5-16-8-12-18(13-9-16)22-19-3-1-2-14-21-19/h6-13,19-20H,1-5,14H2. The van der Waals surface area contributed by atoms with E-state index in [4.69, 9.17) is 9.47 Å². The molecule has 3 nitrogen and oxygen atoms in total. The molecule has 0 amide bonds. The molecular formula is C19H22O3. The fraction of sp³-hybridized carbons (Fsp3) is 0.368. The number of hydrogen-bond donors (Lipinski definition) is 1. The molecule has 1 unspecified atom stereocenters. The molecule has 1 atom stereocenters. The Morgan fingerprint density at radius 2 is 1.55 bits per heavy atom. The van der Waals surface area contributed by atoms with Crippen LogP contribution in [0, 0.1) is 0 Å². The monoisotopic (exact) mass is 298 g/mol. The Morgan fingerprint density at radius 3 is 2.14 bits per heavy atom. The molecule has 2 aromatic carbocycles. The van der Waals surface area contributed by atoms with E-state index in [1.54, 1.807) is 12.1 Å². The largest absolute Gasteiger partial charge is 0.508 e. The van der Waals surface area contributed by atoms with E-state index in [-0.39, 0.29) is 6.29 Å². The van der Waals surface area contributed by atoms with Crippen LogP contribution in [-0.4, -0.2) is 18.0 Å².